The van der Waals surface area contributed by atoms with Crippen LogP contribution >= 0.6 is 0 Å². The van der Waals surface area contributed by atoms with Crippen LogP contribution in [0.4, 0.5) is 0 Å². The van der Waals surface area contributed by atoms with Gasteiger partial charge >= 0.3 is 5.97 Å². The molecular weight excluding hydrogens is 122 g/mol. The van der Waals surface area contributed by atoms with E-state index in [1.165, 1.54) is 0 Å². The Kier molecular flexibility index (Phi) is 1.68. The molecule has 0 aromatic heterocycles. The van der Waals surface area contributed by atoms with Crippen LogP contribution in [0.25, 0.3) is 0 Å². The van der Waals surface area contributed by atoms with Crippen molar-refractivity contribution in [2.24, 2.45) is 5.73 Å². The molecule has 0 amide bonds. The smallest absolute Gasteiger partial charge is 0.334 e. The predicted molar refractivity (Wildman–Crippen MR) is 30.0 cm³/mol. The minimum Gasteiger partial charge on any atom is -0.479 e. The van der Waals surface area contributed by atoms with Gasteiger partial charge in [-0.3, -0.25) is 0 Å². The fourth-order valence-corrected chi connectivity index (χ4v) is 0.860. The van der Waals surface area contributed by atoms with Gasteiger partial charge in [0.1, 0.15) is 0 Å². The highest BCUT2D eigenvalue weighted by Crippen LogP contribution is 2.10. The Morgan fingerprint density at radius 1 is 1.78 bits per heavy atom. The summed E-state index contributed by atoms with van der Waals surface area (Å²) in [5, 5.41) is 8.38. The Labute approximate surface area is 52.6 Å². The van der Waals surface area contributed by atoms with Gasteiger partial charge in [0.05, 0.1) is 0 Å². The molecule has 1 saturated heterocycles. The van der Waals surface area contributed by atoms with Gasteiger partial charge < -0.3 is 15.6 Å². The van der Waals surface area contributed by atoms with Gasteiger partial charge in [-0.1, -0.05) is 0 Å². The van der Waals surface area contributed by atoms with Gasteiger partial charge in [0.2, 0.25) is 0 Å². The van der Waals surface area contributed by atoms with Crippen LogP contribution in [0.5, 0.6) is 0 Å². The van der Waals surface area contributed by atoms with Crippen LogP contribution in [-0.2, 0) is 9.53 Å². The predicted octanol–water partition coefficient (Wildman–Crippen LogP) is -0.813. The normalized spacial score (nSPS) is 34.8. The molecule has 1 rings (SSSR count). The molecule has 1 fully saturated rings. The van der Waals surface area contributed by atoms with Crippen LogP contribution in [0.1, 0.15) is 6.42 Å². The zero-order valence-electron chi connectivity index (χ0n) is 4.91. The van der Waals surface area contributed by atoms with Crippen molar-refractivity contribution in [1.29, 1.82) is 0 Å². The lowest BCUT2D eigenvalue weighted by molar-refractivity contribution is -0.147. The van der Waals surface area contributed by atoms with E-state index >= 15 is 0 Å². The number of hydrogen-bond acceptors (Lipinski definition) is 3. The topological polar surface area (TPSA) is 72.5 Å². The second kappa shape index (κ2) is 2.33. The van der Waals surface area contributed by atoms with E-state index in [4.69, 9.17) is 15.6 Å². The summed E-state index contributed by atoms with van der Waals surface area (Å²) in [6.45, 7) is 0.470. The summed E-state index contributed by atoms with van der Waals surface area (Å²) in [5.41, 5.74) is 5.37. The van der Waals surface area contributed by atoms with E-state index in [1.807, 2.05) is 0 Å². The summed E-state index contributed by atoms with van der Waals surface area (Å²) < 4.78 is 4.80. The fraction of sp³-hybridized carbons (Fsp3) is 0.800. The average molecular weight is 131 g/mol. The maximum atomic E-state index is 10.2. The van der Waals surface area contributed by atoms with E-state index in [2.05, 4.69) is 0 Å². The third-order valence-corrected chi connectivity index (χ3v) is 1.38. The van der Waals surface area contributed by atoms with Gasteiger partial charge in [-0.2, -0.15) is 0 Å². The highest BCUT2D eigenvalue weighted by atomic mass is 16.5. The summed E-state index contributed by atoms with van der Waals surface area (Å²) in [5.74, 6) is -0.958. The second-order valence-electron chi connectivity index (χ2n) is 2.08. The zero-order valence-corrected chi connectivity index (χ0v) is 4.91. The van der Waals surface area contributed by atoms with E-state index in [-0.39, 0.29) is 6.04 Å². The first-order chi connectivity index (χ1) is 4.22. The van der Waals surface area contributed by atoms with Gasteiger partial charge in [0.15, 0.2) is 6.10 Å². The molecule has 0 unspecified atom stereocenters. The first kappa shape index (κ1) is 6.51. The first-order valence-corrected chi connectivity index (χ1v) is 2.82. The maximum Gasteiger partial charge on any atom is 0.334 e. The molecule has 0 aromatic carbocycles. The van der Waals surface area contributed by atoms with Crippen molar-refractivity contribution in [2.45, 2.75) is 18.6 Å². The largest absolute Gasteiger partial charge is 0.479 e. The van der Waals surface area contributed by atoms with Crippen LogP contribution in [0.2, 0.25) is 0 Å². The second-order valence-corrected chi connectivity index (χ2v) is 2.08. The minimum atomic E-state index is -0.958. The number of hydrogen-bond donors (Lipinski definition) is 2. The third-order valence-electron chi connectivity index (χ3n) is 1.38. The van der Waals surface area contributed by atoms with E-state index in [1.54, 1.807) is 0 Å². The lowest BCUT2D eigenvalue weighted by atomic mass is 10.2. The number of nitrogens with two attached hydrogens (primary N) is 1. The molecule has 0 bridgehead atoms. The standard InChI is InChI=1S/C5H9NO3/c6-3-1-2-9-4(3)5(7)8/h3-4H,1-2,6H2,(H,7,8)/t3-,4+/m1/s1. The zero-order chi connectivity index (χ0) is 6.85. The molecule has 2 atom stereocenters. The van der Waals surface area contributed by atoms with E-state index in [0.29, 0.717) is 13.0 Å². The van der Waals surface area contributed by atoms with Crippen LogP contribution in [0.3, 0.4) is 0 Å². The molecular formula is C5H9NO3. The minimum absolute atomic E-state index is 0.317. The van der Waals surface area contributed by atoms with Crippen molar-refractivity contribution in [2.75, 3.05) is 6.61 Å². The Hall–Kier alpha value is -0.610. The third kappa shape index (κ3) is 1.20. The number of aliphatic carboxylic acids is 1. The molecule has 4 heteroatoms. The van der Waals surface area contributed by atoms with Gasteiger partial charge in [-0.25, -0.2) is 4.79 Å². The van der Waals surface area contributed by atoms with E-state index in [0.717, 1.165) is 0 Å². The molecule has 0 radical (unpaired) electrons. The summed E-state index contributed by atoms with van der Waals surface area (Å²) in [7, 11) is 0. The highest BCUT2D eigenvalue weighted by Gasteiger charge is 2.30. The molecule has 1 aliphatic heterocycles. The molecule has 0 aromatic rings. The Morgan fingerprint density at radius 2 is 2.44 bits per heavy atom. The Bertz CT molecular complexity index is 125. The molecule has 0 spiro atoms. The molecule has 1 heterocycles. The van der Waals surface area contributed by atoms with Crippen molar-refractivity contribution in [3.63, 3.8) is 0 Å². The first-order valence-electron chi connectivity index (χ1n) is 2.82. The van der Waals surface area contributed by atoms with Gasteiger partial charge in [-0.05, 0) is 6.42 Å². The monoisotopic (exact) mass is 131 g/mol. The van der Waals surface area contributed by atoms with Crippen molar-refractivity contribution in [3.8, 4) is 0 Å². The van der Waals surface area contributed by atoms with Gasteiger partial charge in [0.25, 0.3) is 0 Å². The van der Waals surface area contributed by atoms with Crippen LogP contribution in [0, 0.1) is 0 Å². The number of ether oxygens (including phenoxy) is 1. The summed E-state index contributed by atoms with van der Waals surface area (Å²) in [6, 6.07) is -0.317. The van der Waals surface area contributed by atoms with E-state index in [9.17, 15) is 4.79 Å². The summed E-state index contributed by atoms with van der Waals surface area (Å²) in [4.78, 5) is 10.2. The van der Waals surface area contributed by atoms with Crippen LogP contribution in [0.15, 0.2) is 0 Å². The molecule has 0 saturated carbocycles. The number of carbonyl (C=O) groups is 1. The van der Waals surface area contributed by atoms with Gasteiger partial charge in [-0.15, -0.1) is 0 Å². The molecule has 4 nitrogen and oxygen atoms in total. The SMILES string of the molecule is N[C@@H]1CCO[C@@H]1C(=O)O. The van der Waals surface area contributed by atoms with Crippen LogP contribution in [-0.4, -0.2) is 29.8 Å². The molecule has 9 heavy (non-hydrogen) atoms. The quantitative estimate of drug-likeness (QED) is 0.488. The molecule has 1 aliphatic rings. The molecule has 52 valence electrons. The highest BCUT2D eigenvalue weighted by molar-refractivity contribution is 5.73. The van der Waals surface area contributed by atoms with E-state index < -0.39 is 12.1 Å². The van der Waals surface area contributed by atoms with Crippen molar-refractivity contribution in [3.05, 3.63) is 0 Å². The van der Waals surface area contributed by atoms with Crippen molar-refractivity contribution in [1.82, 2.24) is 0 Å². The number of carboxylic acids is 1. The lowest BCUT2D eigenvalue weighted by Crippen LogP contribution is -2.36. The Morgan fingerprint density at radius 3 is 2.67 bits per heavy atom. The summed E-state index contributed by atoms with van der Waals surface area (Å²) in [6.07, 6.45) is -0.123. The number of carboxylic acid groups (broad SMARTS) is 1. The number of rotatable bonds is 1. The van der Waals surface area contributed by atoms with Gasteiger partial charge in [0, 0.05) is 12.6 Å². The Balaban J connectivity index is 2.49. The van der Waals surface area contributed by atoms with Crippen molar-refractivity contribution < 1.29 is 14.6 Å². The maximum absolute atomic E-state index is 10.2. The fourth-order valence-electron chi connectivity index (χ4n) is 0.860. The molecule has 0 aliphatic carbocycles. The molecule has 3 N–H and O–H groups in total. The lowest BCUT2D eigenvalue weighted by Gasteiger charge is -2.06. The average Bonchev–Trinajstić information content (AvgIpc) is 2.13. The van der Waals surface area contributed by atoms with Crippen molar-refractivity contribution >= 4 is 5.97 Å². The van der Waals surface area contributed by atoms with Crippen LogP contribution < -0.4 is 5.73 Å². The summed E-state index contributed by atoms with van der Waals surface area (Å²) >= 11 is 0.